The predicted molar refractivity (Wildman–Crippen MR) is 139 cm³/mol. The first kappa shape index (κ1) is 24.8. The molecule has 0 radical (unpaired) electrons. The van der Waals surface area contributed by atoms with E-state index in [1.807, 2.05) is 51.6 Å². The third-order valence-corrected chi connectivity index (χ3v) is 8.21. The van der Waals surface area contributed by atoms with E-state index < -0.39 is 0 Å². The van der Waals surface area contributed by atoms with E-state index in [2.05, 4.69) is 10.2 Å². The Morgan fingerprint density at radius 2 is 1.67 bits per heavy atom. The quantitative estimate of drug-likeness (QED) is 0.646. The Bertz CT molecular complexity index is 1050. The van der Waals surface area contributed by atoms with Crippen LogP contribution in [0.3, 0.4) is 0 Å². The van der Waals surface area contributed by atoms with Crippen molar-refractivity contribution >= 4 is 34.7 Å². The molecule has 0 saturated carbocycles. The fraction of sp³-hybridized carbons (Fsp3) is 0.519. The van der Waals surface area contributed by atoms with Crippen LogP contribution in [0.4, 0.5) is 5.69 Å². The van der Waals surface area contributed by atoms with Crippen LogP contribution in [0, 0.1) is 0 Å². The van der Waals surface area contributed by atoms with Gasteiger partial charge in [0.15, 0.2) is 0 Å². The molecule has 4 heterocycles. The van der Waals surface area contributed by atoms with Gasteiger partial charge in [-0.05, 0) is 49.3 Å². The number of benzene rings is 1. The molecule has 1 atom stereocenters. The van der Waals surface area contributed by atoms with Gasteiger partial charge in [-0.1, -0.05) is 18.2 Å². The lowest BCUT2D eigenvalue weighted by molar-refractivity contribution is -0.142. The number of para-hydroxylation sites is 1. The minimum Gasteiger partial charge on any atom is -0.371 e. The van der Waals surface area contributed by atoms with Gasteiger partial charge in [-0.15, -0.1) is 11.3 Å². The highest BCUT2D eigenvalue weighted by Gasteiger charge is 2.32. The predicted octanol–water partition coefficient (Wildman–Crippen LogP) is 2.54. The van der Waals surface area contributed by atoms with Gasteiger partial charge in [0.2, 0.25) is 5.91 Å². The zero-order chi connectivity index (χ0) is 24.9. The second kappa shape index (κ2) is 11.4. The van der Waals surface area contributed by atoms with E-state index in [1.165, 1.54) is 0 Å². The molecule has 3 fully saturated rings. The Morgan fingerprint density at radius 3 is 2.36 bits per heavy atom. The Hall–Kier alpha value is -2.91. The topological polar surface area (TPSA) is 82.2 Å². The van der Waals surface area contributed by atoms with Gasteiger partial charge in [-0.2, -0.15) is 0 Å². The van der Waals surface area contributed by atoms with Crippen LogP contribution in [0.5, 0.6) is 0 Å². The minimum absolute atomic E-state index is 0.0150. The number of nitrogens with zero attached hydrogens (tertiary/aromatic N) is 3. The van der Waals surface area contributed by atoms with Crippen molar-refractivity contribution in [3.63, 3.8) is 0 Å². The Labute approximate surface area is 216 Å². The summed E-state index contributed by atoms with van der Waals surface area (Å²) in [5.74, 6) is 0.148. The van der Waals surface area contributed by atoms with E-state index in [1.54, 1.807) is 11.3 Å². The van der Waals surface area contributed by atoms with Crippen LogP contribution in [-0.2, 0) is 20.7 Å². The molecule has 3 aliphatic rings. The molecular weight excluding hydrogens is 476 g/mol. The number of carbonyl (C=O) groups excluding carboxylic acids is 3. The molecule has 1 aromatic heterocycles. The molecule has 5 rings (SSSR count). The van der Waals surface area contributed by atoms with E-state index in [4.69, 9.17) is 4.74 Å². The van der Waals surface area contributed by atoms with E-state index in [-0.39, 0.29) is 29.9 Å². The molecule has 3 aliphatic heterocycles. The van der Waals surface area contributed by atoms with Gasteiger partial charge in [0.1, 0.15) is 6.10 Å². The fourth-order valence-corrected chi connectivity index (χ4v) is 6.02. The SMILES string of the molecule is O=C(Cc1cccs1)NC1CCN(c2ccccc2C(=O)N2CCN(C(=O)C3CCCO3)CC2)CC1. The maximum absolute atomic E-state index is 13.5. The fourth-order valence-electron chi connectivity index (χ4n) is 5.32. The summed E-state index contributed by atoms with van der Waals surface area (Å²) in [6.07, 6.45) is 3.55. The molecule has 1 unspecified atom stereocenters. The molecular formula is C27H34N4O4S. The van der Waals surface area contributed by atoms with Crippen molar-refractivity contribution in [1.29, 1.82) is 0 Å². The highest BCUT2D eigenvalue weighted by atomic mass is 32.1. The summed E-state index contributed by atoms with van der Waals surface area (Å²) >= 11 is 1.60. The molecule has 192 valence electrons. The number of ether oxygens (including phenoxy) is 1. The van der Waals surface area contributed by atoms with Crippen LogP contribution in [0.15, 0.2) is 41.8 Å². The summed E-state index contributed by atoms with van der Waals surface area (Å²) in [4.78, 5) is 45.5. The average molecular weight is 511 g/mol. The average Bonchev–Trinajstić information content (AvgIpc) is 3.63. The first-order chi connectivity index (χ1) is 17.6. The van der Waals surface area contributed by atoms with Gasteiger partial charge in [-0.3, -0.25) is 14.4 Å². The number of piperidine rings is 1. The Morgan fingerprint density at radius 1 is 0.917 bits per heavy atom. The van der Waals surface area contributed by atoms with Crippen LogP contribution in [0.1, 0.15) is 40.9 Å². The molecule has 2 aromatic rings. The van der Waals surface area contributed by atoms with Crippen LogP contribution in [0.2, 0.25) is 0 Å². The molecule has 8 nitrogen and oxygen atoms in total. The van der Waals surface area contributed by atoms with E-state index >= 15 is 0 Å². The van der Waals surface area contributed by atoms with Crippen molar-refractivity contribution in [1.82, 2.24) is 15.1 Å². The van der Waals surface area contributed by atoms with E-state index in [9.17, 15) is 14.4 Å². The van der Waals surface area contributed by atoms with E-state index in [0.717, 1.165) is 49.3 Å². The standard InChI is InChI=1S/C27H34N4O4S/c32-25(19-21-5-4-18-36-21)28-20-9-11-29(12-10-20)23-7-2-1-6-22(23)26(33)30-13-15-31(16-14-30)27(34)24-8-3-17-35-24/h1-2,4-7,18,20,24H,3,8-17,19H2,(H,28,32). The number of rotatable bonds is 6. The summed E-state index contributed by atoms with van der Waals surface area (Å²) in [6.45, 7) is 4.39. The normalized spacial score (nSPS) is 21.0. The molecule has 36 heavy (non-hydrogen) atoms. The smallest absolute Gasteiger partial charge is 0.256 e. The van der Waals surface area contributed by atoms with E-state index in [0.29, 0.717) is 44.8 Å². The summed E-state index contributed by atoms with van der Waals surface area (Å²) in [5, 5.41) is 5.17. The maximum Gasteiger partial charge on any atom is 0.256 e. The summed E-state index contributed by atoms with van der Waals surface area (Å²) in [5.41, 5.74) is 1.65. The molecule has 9 heteroatoms. The van der Waals surface area contributed by atoms with Crippen molar-refractivity contribution in [2.24, 2.45) is 0 Å². The number of hydrogen-bond donors (Lipinski definition) is 1. The van der Waals surface area contributed by atoms with Crippen LogP contribution in [-0.4, -0.2) is 85.5 Å². The highest BCUT2D eigenvalue weighted by molar-refractivity contribution is 7.10. The second-order valence-electron chi connectivity index (χ2n) is 9.72. The van der Waals surface area contributed by atoms with Crippen LogP contribution < -0.4 is 10.2 Å². The van der Waals surface area contributed by atoms with Crippen LogP contribution in [0.25, 0.3) is 0 Å². The number of carbonyl (C=O) groups is 3. The van der Waals surface area contributed by atoms with Gasteiger partial charge in [0.25, 0.3) is 11.8 Å². The summed E-state index contributed by atoms with van der Waals surface area (Å²) in [7, 11) is 0. The van der Waals surface area contributed by atoms with Crippen molar-refractivity contribution in [3.8, 4) is 0 Å². The first-order valence-electron chi connectivity index (χ1n) is 12.9. The van der Waals surface area contributed by atoms with Gasteiger partial charge in [0, 0.05) is 62.5 Å². The zero-order valence-electron chi connectivity index (χ0n) is 20.6. The lowest BCUT2D eigenvalue weighted by Gasteiger charge is -2.37. The minimum atomic E-state index is -0.309. The van der Waals surface area contributed by atoms with Gasteiger partial charge in [-0.25, -0.2) is 0 Å². The van der Waals surface area contributed by atoms with Gasteiger partial charge < -0.3 is 24.8 Å². The number of anilines is 1. The molecule has 1 N–H and O–H groups in total. The number of piperazine rings is 1. The number of nitrogens with one attached hydrogen (secondary N) is 1. The zero-order valence-corrected chi connectivity index (χ0v) is 21.4. The lowest BCUT2D eigenvalue weighted by atomic mass is 10.0. The Kier molecular flexibility index (Phi) is 7.87. The lowest BCUT2D eigenvalue weighted by Crippen LogP contribution is -2.53. The maximum atomic E-state index is 13.5. The summed E-state index contributed by atoms with van der Waals surface area (Å²) in [6, 6.07) is 11.9. The third-order valence-electron chi connectivity index (χ3n) is 7.33. The van der Waals surface area contributed by atoms with Gasteiger partial charge in [0.05, 0.1) is 12.0 Å². The molecule has 3 amide bonds. The molecule has 3 saturated heterocycles. The largest absolute Gasteiger partial charge is 0.371 e. The third kappa shape index (κ3) is 5.73. The van der Waals surface area contributed by atoms with Crippen LogP contribution >= 0.6 is 11.3 Å². The monoisotopic (exact) mass is 510 g/mol. The Balaban J connectivity index is 1.14. The summed E-state index contributed by atoms with van der Waals surface area (Å²) < 4.78 is 5.55. The van der Waals surface area contributed by atoms with Gasteiger partial charge >= 0.3 is 0 Å². The number of hydrogen-bond acceptors (Lipinski definition) is 6. The van der Waals surface area contributed by atoms with Crippen molar-refractivity contribution < 1.29 is 19.1 Å². The molecule has 0 spiro atoms. The highest BCUT2D eigenvalue weighted by Crippen LogP contribution is 2.26. The molecule has 1 aromatic carbocycles. The van der Waals surface area contributed by atoms with Crippen molar-refractivity contribution in [2.75, 3.05) is 50.8 Å². The number of amides is 3. The molecule has 0 aliphatic carbocycles. The number of thiophene rings is 1. The van der Waals surface area contributed by atoms with Crippen molar-refractivity contribution in [3.05, 3.63) is 52.2 Å². The molecule has 0 bridgehead atoms. The van der Waals surface area contributed by atoms with Crippen molar-refractivity contribution in [2.45, 2.75) is 44.2 Å². The second-order valence-corrected chi connectivity index (χ2v) is 10.8. The first-order valence-corrected chi connectivity index (χ1v) is 13.8.